The van der Waals surface area contributed by atoms with Crippen molar-refractivity contribution in [3.63, 3.8) is 0 Å². The molecule has 0 aromatic heterocycles. The minimum Gasteiger partial charge on any atom is -0.477 e. The van der Waals surface area contributed by atoms with Crippen LogP contribution in [0.4, 0.5) is 8.78 Å². The first-order chi connectivity index (χ1) is 8.87. The quantitative estimate of drug-likeness (QED) is 0.888. The van der Waals surface area contributed by atoms with E-state index < -0.39 is 17.5 Å². The Morgan fingerprint density at radius 3 is 2.21 bits per heavy atom. The van der Waals surface area contributed by atoms with Crippen LogP contribution in [-0.2, 0) is 4.79 Å². The highest BCUT2D eigenvalue weighted by atomic mass is 19.3. The summed E-state index contributed by atoms with van der Waals surface area (Å²) in [4.78, 5) is 10.6. The van der Waals surface area contributed by atoms with Crippen LogP contribution in [0.1, 0.15) is 37.2 Å². The smallest absolute Gasteiger partial charge is 0.377 e. The van der Waals surface area contributed by atoms with Crippen LogP contribution in [0.2, 0.25) is 0 Å². The van der Waals surface area contributed by atoms with Crippen LogP contribution in [-0.4, -0.2) is 27.7 Å². The monoisotopic (exact) mass is 270 g/mol. The number of aliphatic hydroxyl groups is 1. The Bertz CT molecular complexity index is 451. The van der Waals surface area contributed by atoms with Crippen molar-refractivity contribution < 1.29 is 23.8 Å². The van der Waals surface area contributed by atoms with E-state index in [-0.39, 0.29) is 18.8 Å². The van der Waals surface area contributed by atoms with E-state index in [0.717, 1.165) is 5.56 Å². The topological polar surface area (TPSA) is 57.5 Å². The molecule has 3 nitrogen and oxygen atoms in total. The first-order valence-corrected chi connectivity index (χ1v) is 6.25. The Morgan fingerprint density at radius 2 is 1.74 bits per heavy atom. The van der Waals surface area contributed by atoms with Crippen molar-refractivity contribution in [3.8, 4) is 0 Å². The van der Waals surface area contributed by atoms with E-state index in [2.05, 4.69) is 0 Å². The summed E-state index contributed by atoms with van der Waals surface area (Å²) in [5, 5.41) is 18.4. The normalized spacial score (nSPS) is 28.1. The summed E-state index contributed by atoms with van der Waals surface area (Å²) in [7, 11) is 0. The summed E-state index contributed by atoms with van der Waals surface area (Å²) in [6, 6.07) is 9.47. The van der Waals surface area contributed by atoms with E-state index in [1.807, 2.05) is 30.3 Å². The van der Waals surface area contributed by atoms with Crippen LogP contribution >= 0.6 is 0 Å². The first-order valence-electron chi connectivity index (χ1n) is 6.25. The van der Waals surface area contributed by atoms with E-state index in [4.69, 9.17) is 5.11 Å². The highest BCUT2D eigenvalue weighted by Crippen LogP contribution is 2.45. The number of hydrogen-bond acceptors (Lipinski definition) is 2. The van der Waals surface area contributed by atoms with Gasteiger partial charge in [-0.15, -0.1) is 0 Å². The molecular weight excluding hydrogens is 254 g/mol. The van der Waals surface area contributed by atoms with Gasteiger partial charge in [0.25, 0.3) is 0 Å². The first kappa shape index (κ1) is 13.9. The molecule has 0 spiro atoms. The Kier molecular flexibility index (Phi) is 3.58. The number of rotatable bonds is 3. The molecule has 1 aromatic carbocycles. The Hall–Kier alpha value is -1.49. The molecule has 0 radical (unpaired) electrons. The zero-order chi connectivity index (χ0) is 14.1. The summed E-state index contributed by atoms with van der Waals surface area (Å²) in [6.45, 7) is 0. The Balaban J connectivity index is 2.09. The minimum absolute atomic E-state index is 0.103. The van der Waals surface area contributed by atoms with Gasteiger partial charge in [-0.1, -0.05) is 30.3 Å². The third-order valence-corrected chi connectivity index (χ3v) is 3.94. The number of carboxylic acid groups (broad SMARTS) is 1. The second-order valence-electron chi connectivity index (χ2n) is 5.10. The average molecular weight is 270 g/mol. The van der Waals surface area contributed by atoms with Crippen LogP contribution in [0.15, 0.2) is 30.3 Å². The van der Waals surface area contributed by atoms with Gasteiger partial charge < -0.3 is 10.2 Å². The SMILES string of the molecule is O=C(O)C(F)(F)C1(O)CCC(c2ccccc2)CC1. The van der Waals surface area contributed by atoms with E-state index in [9.17, 15) is 18.7 Å². The molecule has 0 atom stereocenters. The fourth-order valence-electron chi connectivity index (χ4n) is 2.67. The molecule has 104 valence electrons. The number of benzene rings is 1. The van der Waals surface area contributed by atoms with Crippen molar-refractivity contribution in [2.75, 3.05) is 0 Å². The molecule has 2 N–H and O–H groups in total. The Morgan fingerprint density at radius 1 is 1.21 bits per heavy atom. The maximum Gasteiger partial charge on any atom is 0.377 e. The highest BCUT2D eigenvalue weighted by Gasteiger charge is 2.59. The van der Waals surface area contributed by atoms with Crippen LogP contribution < -0.4 is 0 Å². The maximum absolute atomic E-state index is 13.5. The molecule has 1 fully saturated rings. The predicted molar refractivity (Wildman–Crippen MR) is 65.2 cm³/mol. The van der Waals surface area contributed by atoms with E-state index in [1.165, 1.54) is 0 Å². The fraction of sp³-hybridized carbons (Fsp3) is 0.500. The zero-order valence-electron chi connectivity index (χ0n) is 10.4. The molecule has 0 amide bonds. The summed E-state index contributed by atoms with van der Waals surface area (Å²) in [5.41, 5.74) is -1.38. The summed E-state index contributed by atoms with van der Waals surface area (Å²) in [6.07, 6.45) is 0.324. The molecule has 2 rings (SSSR count). The van der Waals surface area contributed by atoms with Crippen molar-refractivity contribution in [2.45, 2.75) is 43.1 Å². The van der Waals surface area contributed by atoms with Crippen LogP contribution in [0.5, 0.6) is 0 Å². The lowest BCUT2D eigenvalue weighted by molar-refractivity contribution is -0.216. The second-order valence-corrected chi connectivity index (χ2v) is 5.10. The predicted octanol–water partition coefficient (Wildman–Crippen LogP) is 2.80. The number of carbonyl (C=O) groups is 1. The van der Waals surface area contributed by atoms with Gasteiger partial charge in [0.2, 0.25) is 0 Å². The lowest BCUT2D eigenvalue weighted by atomic mass is 9.73. The lowest BCUT2D eigenvalue weighted by Gasteiger charge is -2.39. The molecule has 0 heterocycles. The fourth-order valence-corrected chi connectivity index (χ4v) is 2.67. The van der Waals surface area contributed by atoms with E-state index in [1.54, 1.807) is 0 Å². The molecule has 5 heteroatoms. The van der Waals surface area contributed by atoms with Crippen LogP contribution in [0.3, 0.4) is 0 Å². The van der Waals surface area contributed by atoms with Crippen LogP contribution in [0, 0.1) is 0 Å². The minimum atomic E-state index is -4.09. The van der Waals surface area contributed by atoms with Gasteiger partial charge in [0, 0.05) is 0 Å². The Labute approximate surface area is 109 Å². The molecule has 19 heavy (non-hydrogen) atoms. The van der Waals surface area contributed by atoms with Crippen molar-refractivity contribution in [3.05, 3.63) is 35.9 Å². The van der Waals surface area contributed by atoms with Gasteiger partial charge in [-0.3, -0.25) is 0 Å². The van der Waals surface area contributed by atoms with Gasteiger partial charge in [-0.05, 0) is 37.2 Å². The van der Waals surface area contributed by atoms with E-state index in [0.29, 0.717) is 12.8 Å². The third kappa shape index (κ3) is 2.47. The van der Waals surface area contributed by atoms with Crippen LogP contribution in [0.25, 0.3) is 0 Å². The van der Waals surface area contributed by atoms with E-state index >= 15 is 0 Å². The molecule has 1 aliphatic carbocycles. The molecule has 1 aromatic rings. The summed E-state index contributed by atoms with van der Waals surface area (Å²) >= 11 is 0. The molecule has 0 unspecified atom stereocenters. The highest BCUT2D eigenvalue weighted by molar-refractivity contribution is 5.77. The van der Waals surface area contributed by atoms with Gasteiger partial charge >= 0.3 is 11.9 Å². The van der Waals surface area contributed by atoms with Gasteiger partial charge in [-0.25, -0.2) is 4.79 Å². The van der Waals surface area contributed by atoms with Crippen molar-refractivity contribution in [1.29, 1.82) is 0 Å². The van der Waals surface area contributed by atoms with Crippen molar-refractivity contribution in [1.82, 2.24) is 0 Å². The van der Waals surface area contributed by atoms with Gasteiger partial charge in [0.05, 0.1) is 0 Å². The number of aliphatic carboxylic acids is 1. The standard InChI is InChI=1S/C14H16F2O3/c15-14(16,12(17)18)13(19)8-6-11(7-9-13)10-4-2-1-3-5-10/h1-5,11,19H,6-9H2,(H,17,18). The molecule has 0 bridgehead atoms. The molecule has 0 aliphatic heterocycles. The number of carboxylic acids is 1. The molecular formula is C14H16F2O3. The maximum atomic E-state index is 13.5. The average Bonchev–Trinajstić information content (AvgIpc) is 2.40. The summed E-state index contributed by atoms with van der Waals surface area (Å²) < 4.78 is 27.0. The van der Waals surface area contributed by atoms with Gasteiger partial charge in [0.1, 0.15) is 5.60 Å². The summed E-state index contributed by atoms with van der Waals surface area (Å²) in [5.74, 6) is -6.24. The van der Waals surface area contributed by atoms with Crippen molar-refractivity contribution in [2.24, 2.45) is 0 Å². The molecule has 1 aliphatic rings. The zero-order valence-corrected chi connectivity index (χ0v) is 10.4. The molecule has 1 saturated carbocycles. The van der Waals surface area contributed by atoms with Gasteiger partial charge in [0.15, 0.2) is 0 Å². The number of halogens is 2. The lowest BCUT2D eigenvalue weighted by Crippen LogP contribution is -2.54. The second kappa shape index (κ2) is 4.89. The number of hydrogen-bond donors (Lipinski definition) is 2. The van der Waals surface area contributed by atoms with Gasteiger partial charge in [-0.2, -0.15) is 8.78 Å². The van der Waals surface area contributed by atoms with Crippen molar-refractivity contribution >= 4 is 5.97 Å². The largest absolute Gasteiger partial charge is 0.477 e. The third-order valence-electron chi connectivity index (χ3n) is 3.94. The molecule has 0 saturated heterocycles. The number of alkyl halides is 2.